The first-order valence-corrected chi connectivity index (χ1v) is 20.0. The van der Waals surface area contributed by atoms with Crippen LogP contribution in [0.1, 0.15) is 43.7 Å². The molecule has 4 aromatic rings. The van der Waals surface area contributed by atoms with Gasteiger partial charge in [0.25, 0.3) is 5.56 Å². The molecule has 2 aromatic carbocycles. The monoisotopic (exact) mass is 881 g/mol. The normalized spacial score (nSPS) is 16.2. The van der Waals surface area contributed by atoms with E-state index in [1.165, 1.54) is 4.57 Å². The molecule has 0 radical (unpaired) electrons. The molecular weight excluding hydrogens is 838 g/mol. The van der Waals surface area contributed by atoms with E-state index in [9.17, 15) is 29.1 Å². The second-order valence-electron chi connectivity index (χ2n) is 13.8. The quantitative estimate of drug-likeness (QED) is 0.133. The standard InChI is InChI=1S/C38H45Br2N9O6/c39-28-21-24(22-29(40)33(28)50)23-32(45-37(54)48-15-10-26(11-16-48)49-35(52)27-5-1-2-6-30(27)44-38(49)55)34(51)43-31(7-3-4-12-41)36(53)47-19-17-46(18-20-47)25-8-13-42-14-9-25/h1-2,5-6,8-9,13-14,21-22,26,31-32,50H,3-4,7,10-12,15-20,23,41H2,(H,43,51)(H,44,55)(H,45,54)/t31-,32+/m0/s1. The summed E-state index contributed by atoms with van der Waals surface area (Å²) in [5.41, 5.74) is 7.04. The first-order chi connectivity index (χ1) is 26.5. The lowest BCUT2D eigenvalue weighted by atomic mass is 10.0. The molecule has 2 aliphatic heterocycles. The summed E-state index contributed by atoms with van der Waals surface area (Å²) in [5, 5.41) is 16.6. The molecule has 4 heterocycles. The summed E-state index contributed by atoms with van der Waals surface area (Å²) in [6.45, 7) is 3.15. The van der Waals surface area contributed by atoms with Crippen molar-refractivity contribution >= 4 is 66.3 Å². The highest BCUT2D eigenvalue weighted by Gasteiger charge is 2.33. The largest absolute Gasteiger partial charge is 0.506 e. The molecule has 2 fully saturated rings. The summed E-state index contributed by atoms with van der Waals surface area (Å²) in [6.07, 6.45) is 5.92. The number of para-hydroxylation sites is 1. The number of aromatic amines is 1. The summed E-state index contributed by atoms with van der Waals surface area (Å²) in [7, 11) is 0. The predicted octanol–water partition coefficient (Wildman–Crippen LogP) is 3.24. The third-order valence-corrected chi connectivity index (χ3v) is 11.5. The third kappa shape index (κ3) is 9.56. The molecule has 2 saturated heterocycles. The molecule has 17 heteroatoms. The number of anilines is 1. The van der Waals surface area contributed by atoms with E-state index in [0.29, 0.717) is 90.2 Å². The number of hydrogen-bond donors (Lipinski definition) is 5. The fraction of sp³-hybridized carbons (Fsp3) is 0.421. The smallest absolute Gasteiger partial charge is 0.329 e. The van der Waals surface area contributed by atoms with Crippen LogP contribution in [0.15, 0.2) is 79.5 Å². The average molecular weight is 884 g/mol. The number of aromatic hydroxyl groups is 1. The van der Waals surface area contributed by atoms with E-state index in [1.807, 2.05) is 12.1 Å². The SMILES string of the molecule is NCCCC[C@H](NC(=O)[C@@H](Cc1cc(Br)c(O)c(Br)c1)NC(=O)N1CCC(n2c(=O)[nH]c3ccccc3c2=O)CC1)C(=O)N1CCN(c2ccncc2)CC1. The van der Waals surface area contributed by atoms with Gasteiger partial charge in [-0.15, -0.1) is 0 Å². The highest BCUT2D eigenvalue weighted by molar-refractivity contribution is 9.11. The number of phenols is 1. The number of nitrogens with zero attached hydrogens (tertiary/aromatic N) is 5. The average Bonchev–Trinajstić information content (AvgIpc) is 3.19. The van der Waals surface area contributed by atoms with Crippen molar-refractivity contribution in [1.29, 1.82) is 0 Å². The molecule has 0 aliphatic carbocycles. The highest BCUT2D eigenvalue weighted by Crippen LogP contribution is 2.34. The van der Waals surface area contributed by atoms with Crippen LogP contribution in [-0.4, -0.2) is 105 Å². The van der Waals surface area contributed by atoms with Gasteiger partial charge in [0.2, 0.25) is 11.8 Å². The van der Waals surface area contributed by atoms with Crippen LogP contribution in [0.4, 0.5) is 10.5 Å². The van der Waals surface area contributed by atoms with Gasteiger partial charge in [0.1, 0.15) is 17.8 Å². The number of H-pyrrole nitrogens is 1. The van der Waals surface area contributed by atoms with E-state index in [0.717, 1.165) is 5.69 Å². The van der Waals surface area contributed by atoms with Crippen LogP contribution >= 0.6 is 31.9 Å². The lowest BCUT2D eigenvalue weighted by Crippen LogP contribution is -2.59. The molecule has 0 saturated carbocycles. The van der Waals surface area contributed by atoms with E-state index < -0.39 is 35.8 Å². The van der Waals surface area contributed by atoms with Gasteiger partial charge in [0, 0.05) is 69.8 Å². The van der Waals surface area contributed by atoms with Gasteiger partial charge in [-0.3, -0.25) is 23.9 Å². The number of halogens is 2. The zero-order valence-corrected chi connectivity index (χ0v) is 33.4. The third-order valence-electron chi connectivity index (χ3n) is 10.3. The van der Waals surface area contributed by atoms with Crippen molar-refractivity contribution in [3.05, 3.63) is 96.3 Å². The van der Waals surface area contributed by atoms with E-state index in [1.54, 1.807) is 58.6 Å². The van der Waals surface area contributed by atoms with Crippen molar-refractivity contribution in [2.24, 2.45) is 5.73 Å². The van der Waals surface area contributed by atoms with Crippen LogP contribution in [0.5, 0.6) is 5.75 Å². The number of phenolic OH excluding ortho intramolecular Hbond substituents is 1. The van der Waals surface area contributed by atoms with Crippen LogP contribution in [0.3, 0.4) is 0 Å². The molecule has 2 aliphatic rings. The lowest BCUT2D eigenvalue weighted by molar-refractivity contribution is -0.137. The number of aromatic nitrogens is 3. The number of unbranched alkanes of at least 4 members (excludes halogenated alkanes) is 1. The van der Waals surface area contributed by atoms with Crippen molar-refractivity contribution in [2.45, 2.75) is 56.7 Å². The number of fused-ring (bicyclic) bond motifs is 1. The number of piperazine rings is 1. The molecule has 6 rings (SSSR count). The number of rotatable bonds is 12. The molecule has 15 nitrogen and oxygen atoms in total. The second-order valence-corrected chi connectivity index (χ2v) is 15.6. The molecule has 55 heavy (non-hydrogen) atoms. The topological polar surface area (TPSA) is 199 Å². The minimum Gasteiger partial charge on any atom is -0.506 e. The maximum Gasteiger partial charge on any atom is 0.329 e. The number of benzene rings is 2. The van der Waals surface area contributed by atoms with Crippen LogP contribution < -0.4 is 32.5 Å². The molecule has 0 bridgehead atoms. The molecule has 292 valence electrons. The number of nitrogens with one attached hydrogen (secondary N) is 3. The maximum absolute atomic E-state index is 14.2. The second kappa shape index (κ2) is 18.3. The number of pyridine rings is 1. The molecular formula is C38H45Br2N9O6. The Morgan fingerprint density at radius 3 is 2.24 bits per heavy atom. The number of carbonyl (C=O) groups is 3. The first-order valence-electron chi connectivity index (χ1n) is 18.4. The predicted molar refractivity (Wildman–Crippen MR) is 216 cm³/mol. The Kier molecular flexibility index (Phi) is 13.3. The Hall–Kier alpha value is -4.74. The van der Waals surface area contributed by atoms with Crippen LogP contribution in [0, 0.1) is 0 Å². The first kappa shape index (κ1) is 39.9. The minimum absolute atomic E-state index is 0.00407. The van der Waals surface area contributed by atoms with Crippen molar-refractivity contribution in [1.82, 2.24) is 35.0 Å². The fourth-order valence-corrected chi connectivity index (χ4v) is 8.52. The van der Waals surface area contributed by atoms with Gasteiger partial charge in [0.15, 0.2) is 0 Å². The zero-order chi connectivity index (χ0) is 39.1. The zero-order valence-electron chi connectivity index (χ0n) is 30.3. The summed E-state index contributed by atoms with van der Waals surface area (Å²) in [6, 6.07) is 11.2. The Bertz CT molecular complexity index is 2090. The summed E-state index contributed by atoms with van der Waals surface area (Å²) < 4.78 is 2.04. The lowest BCUT2D eigenvalue weighted by Gasteiger charge is -2.38. The molecule has 0 unspecified atom stereocenters. The summed E-state index contributed by atoms with van der Waals surface area (Å²) in [5.74, 6) is -0.726. The highest BCUT2D eigenvalue weighted by atomic mass is 79.9. The van der Waals surface area contributed by atoms with Gasteiger partial charge >= 0.3 is 11.7 Å². The van der Waals surface area contributed by atoms with E-state index >= 15 is 0 Å². The molecule has 4 amide bonds. The number of amides is 4. The van der Waals surface area contributed by atoms with Gasteiger partial charge in [-0.2, -0.15) is 0 Å². The van der Waals surface area contributed by atoms with Gasteiger partial charge in [-0.1, -0.05) is 12.1 Å². The Morgan fingerprint density at radius 2 is 1.56 bits per heavy atom. The van der Waals surface area contributed by atoms with Gasteiger partial charge in [-0.05, 0) is 112 Å². The number of hydrogen-bond acceptors (Lipinski definition) is 9. The fourth-order valence-electron chi connectivity index (χ4n) is 7.24. The number of carbonyl (C=O) groups excluding carboxylic acids is 3. The van der Waals surface area contributed by atoms with Gasteiger partial charge in [-0.25, -0.2) is 9.59 Å². The molecule has 2 atom stereocenters. The van der Waals surface area contributed by atoms with Crippen LogP contribution in [0.25, 0.3) is 10.9 Å². The number of likely N-dealkylation sites (tertiary alicyclic amines) is 1. The summed E-state index contributed by atoms with van der Waals surface area (Å²) >= 11 is 6.70. The van der Waals surface area contributed by atoms with Crippen LogP contribution in [-0.2, 0) is 16.0 Å². The summed E-state index contributed by atoms with van der Waals surface area (Å²) in [4.78, 5) is 80.6. The number of nitrogens with two attached hydrogens (primary N) is 1. The van der Waals surface area contributed by atoms with Gasteiger partial charge in [0.05, 0.1) is 19.8 Å². The maximum atomic E-state index is 14.2. The van der Waals surface area contributed by atoms with Crippen molar-refractivity contribution in [2.75, 3.05) is 50.7 Å². The van der Waals surface area contributed by atoms with E-state index in [2.05, 4.69) is 57.4 Å². The van der Waals surface area contributed by atoms with Crippen molar-refractivity contribution in [3.63, 3.8) is 0 Å². The molecule has 6 N–H and O–H groups in total. The van der Waals surface area contributed by atoms with Gasteiger partial charge < -0.3 is 41.2 Å². The van der Waals surface area contributed by atoms with Crippen LogP contribution in [0.2, 0.25) is 0 Å². The number of urea groups is 1. The van der Waals surface area contributed by atoms with Crippen molar-refractivity contribution in [3.8, 4) is 5.75 Å². The minimum atomic E-state index is -1.09. The Labute approximate surface area is 334 Å². The van der Waals surface area contributed by atoms with Crippen molar-refractivity contribution < 1.29 is 19.5 Å². The number of piperidine rings is 1. The van der Waals surface area contributed by atoms with E-state index in [4.69, 9.17) is 5.73 Å². The molecule has 2 aromatic heterocycles. The molecule has 0 spiro atoms. The Balaban J connectivity index is 1.16. The Morgan fingerprint density at radius 1 is 0.891 bits per heavy atom. The van der Waals surface area contributed by atoms with E-state index in [-0.39, 0.29) is 36.7 Å².